The molecule has 0 amide bonds. The maximum absolute atomic E-state index is 5.41. The molecule has 1 radical (unpaired) electrons. The SMILES string of the molecule is C1=Cc2nc1c(-c1ccc(-c3nnn[nH]3)cc1)c1ccc([n-]1)c(-c1ccc(-c3nnn[nH]3)cc1)c1nc(c(-c3ccc(-c4nnn[nH]4)cc3)c3ccc([n-]3)c2-c2ccc(-c3nnn[nH]3)cc2)C=C1.[Mn+2]. The Labute approximate surface area is 398 Å². The van der Waals surface area contributed by atoms with Crippen LogP contribution in [0.3, 0.4) is 0 Å². The van der Waals surface area contributed by atoms with Crippen molar-refractivity contribution in [3.63, 3.8) is 0 Å². The van der Waals surface area contributed by atoms with Crippen molar-refractivity contribution in [1.82, 2.24) is 102 Å². The zero-order valence-corrected chi connectivity index (χ0v) is 36.6. The van der Waals surface area contributed by atoms with Crippen LogP contribution >= 0.6 is 0 Å². The molecule has 4 aromatic carbocycles. The summed E-state index contributed by atoms with van der Waals surface area (Å²) in [5, 5.41) is 58.0. The van der Waals surface area contributed by atoms with Crippen LogP contribution in [0.4, 0.5) is 0 Å². The summed E-state index contributed by atoms with van der Waals surface area (Å²) in [5.74, 6) is 2.23. The Balaban J connectivity index is 0.00000492. The molecule has 8 bridgehead atoms. The van der Waals surface area contributed by atoms with Crippen LogP contribution in [-0.4, -0.2) is 92.5 Å². The summed E-state index contributed by atoms with van der Waals surface area (Å²) in [6.07, 6.45) is 8.11. The minimum absolute atomic E-state index is 0. The predicted octanol–water partition coefficient (Wildman–Crippen LogP) is 7.30. The van der Waals surface area contributed by atoms with Gasteiger partial charge in [0.15, 0.2) is 23.3 Å². The molecule has 0 saturated heterocycles. The predicted molar refractivity (Wildman–Crippen MR) is 251 cm³/mol. The fourth-order valence-electron chi connectivity index (χ4n) is 8.58. The average molecular weight is 940 g/mol. The van der Waals surface area contributed by atoms with Crippen molar-refractivity contribution in [1.29, 1.82) is 0 Å². The van der Waals surface area contributed by atoms with Crippen LogP contribution in [0.5, 0.6) is 0 Å². The Morgan fingerprint density at radius 2 is 0.493 bits per heavy atom. The van der Waals surface area contributed by atoms with Crippen LogP contribution in [0.2, 0.25) is 0 Å². The molecule has 11 aromatic rings. The van der Waals surface area contributed by atoms with Crippen LogP contribution in [0.1, 0.15) is 22.8 Å². The van der Waals surface area contributed by atoms with E-state index in [0.29, 0.717) is 68.1 Å². The third-order valence-corrected chi connectivity index (χ3v) is 11.8. The quantitative estimate of drug-likeness (QED) is 0.109. The smallest absolute Gasteiger partial charge is 0.657 e. The van der Waals surface area contributed by atoms with Gasteiger partial charge in [0.2, 0.25) is 0 Å². The van der Waals surface area contributed by atoms with Gasteiger partial charge < -0.3 is 9.97 Å². The van der Waals surface area contributed by atoms with Crippen LogP contribution in [-0.2, 0) is 17.1 Å². The van der Waals surface area contributed by atoms with Gasteiger partial charge in [0.1, 0.15) is 0 Å². The van der Waals surface area contributed by atoms with Crippen molar-refractivity contribution < 1.29 is 17.1 Å². The Kier molecular flexibility index (Phi) is 10.0. The number of benzene rings is 4. The number of nitrogens with zero attached hydrogens (tertiary/aromatic N) is 16. The fraction of sp³-hybridized carbons (Fsp3) is 0. The average Bonchev–Trinajstić information content (AvgIpc) is 4.24. The molecule has 2 aliphatic rings. The third-order valence-electron chi connectivity index (χ3n) is 11.8. The number of fused-ring (bicyclic) bond motifs is 8. The van der Waals surface area contributed by atoms with Gasteiger partial charge >= 0.3 is 17.1 Å². The standard InChI is InChI=1S/C48H28N20.Mn/c1-9-29(45-53-61-62-54-45)10-2-25(1)41-33-17-19-35(49-33)42(26-3-11-30(12-4-26)46-55-63-64-56-46)37-21-23-39(51-37)44(28-7-15-32(16-8-28)48-59-67-68-60-48)40-24-22-38(52-40)43(36-20-18-34(41)50-36)27-5-13-31(14-6-27)47-57-65-66-58-47;/h1-24H,(H,53,54,61,62)(H,55,56,63,64)(H,57,58,65,66)(H,59,60,67,68);/q-2;+2. The Morgan fingerprint density at radius 1 is 0.275 bits per heavy atom. The van der Waals surface area contributed by atoms with E-state index in [1.807, 2.05) is 146 Å². The molecule has 7 aromatic heterocycles. The Morgan fingerprint density at radius 3 is 0.696 bits per heavy atom. The number of hydrogen-bond donors (Lipinski definition) is 4. The Bertz CT molecular complexity index is 3350. The van der Waals surface area contributed by atoms with E-state index >= 15 is 0 Å². The zero-order valence-electron chi connectivity index (χ0n) is 35.4. The van der Waals surface area contributed by atoms with Crippen molar-refractivity contribution in [3.05, 3.63) is 144 Å². The first kappa shape index (κ1) is 40.8. The molecule has 20 nitrogen and oxygen atoms in total. The van der Waals surface area contributed by atoms with Crippen molar-refractivity contribution in [2.24, 2.45) is 0 Å². The molecule has 21 heteroatoms. The van der Waals surface area contributed by atoms with Gasteiger partial charge in [-0.15, -0.1) is 42.5 Å². The summed E-state index contributed by atoms with van der Waals surface area (Å²) in [5.41, 5.74) is 15.9. The normalized spacial score (nSPS) is 11.8. The second kappa shape index (κ2) is 16.9. The minimum atomic E-state index is 0. The van der Waals surface area contributed by atoms with Crippen molar-refractivity contribution in [3.8, 4) is 90.1 Å². The van der Waals surface area contributed by atoms with Gasteiger partial charge in [0.05, 0.1) is 22.8 Å². The number of tetrazole rings is 4. The van der Waals surface area contributed by atoms with E-state index < -0.39 is 0 Å². The third kappa shape index (κ3) is 7.37. The van der Waals surface area contributed by atoms with Gasteiger partial charge in [-0.3, -0.25) is 0 Å². The molecule has 9 heterocycles. The number of H-pyrrole nitrogens is 4. The van der Waals surface area contributed by atoms with Gasteiger partial charge in [0, 0.05) is 22.3 Å². The Hall–Kier alpha value is -9.72. The fourth-order valence-corrected chi connectivity index (χ4v) is 8.58. The van der Waals surface area contributed by atoms with Crippen molar-refractivity contribution >= 4 is 46.4 Å². The molecule has 0 saturated carbocycles. The molecule has 13 rings (SSSR count). The van der Waals surface area contributed by atoms with Crippen molar-refractivity contribution in [2.75, 3.05) is 0 Å². The monoisotopic (exact) mass is 939 g/mol. The number of aromatic amines is 4. The second-order valence-corrected chi connectivity index (χ2v) is 15.7. The van der Waals surface area contributed by atoms with Gasteiger partial charge in [-0.25, -0.2) is 30.4 Å². The van der Waals surface area contributed by atoms with Gasteiger partial charge in [-0.1, -0.05) is 121 Å². The number of nitrogens with one attached hydrogen (secondary N) is 4. The first-order valence-corrected chi connectivity index (χ1v) is 21.1. The molecule has 0 spiro atoms. The molecule has 0 aliphatic carbocycles. The summed E-state index contributed by atoms with van der Waals surface area (Å²) >= 11 is 0. The van der Waals surface area contributed by atoms with Gasteiger partial charge in [0.25, 0.3) is 0 Å². The molecular formula is C48H28MnN20. The van der Waals surface area contributed by atoms with Crippen LogP contribution in [0.25, 0.3) is 136 Å². The maximum Gasteiger partial charge on any atom is 2.00 e. The summed E-state index contributed by atoms with van der Waals surface area (Å²) in [6, 6.07) is 40.1. The van der Waals surface area contributed by atoms with E-state index in [0.717, 1.165) is 66.8 Å². The first-order valence-electron chi connectivity index (χ1n) is 21.1. The summed E-state index contributed by atoms with van der Waals surface area (Å²) in [4.78, 5) is 21.6. The molecule has 0 unspecified atom stereocenters. The molecule has 0 fully saturated rings. The molecule has 4 N–H and O–H groups in total. The van der Waals surface area contributed by atoms with E-state index in [2.05, 4.69) is 82.5 Å². The van der Waals surface area contributed by atoms with E-state index in [1.165, 1.54) is 0 Å². The topological polar surface area (TPSA) is 272 Å². The largest absolute Gasteiger partial charge is 2.00 e. The van der Waals surface area contributed by atoms with E-state index in [-0.39, 0.29) is 17.1 Å². The van der Waals surface area contributed by atoms with Crippen molar-refractivity contribution in [2.45, 2.75) is 0 Å². The molecule has 327 valence electrons. The van der Waals surface area contributed by atoms with E-state index in [1.54, 1.807) is 0 Å². The molecular weight excluding hydrogens is 912 g/mol. The van der Waals surface area contributed by atoms with Gasteiger partial charge in [-0.05, 0) is 111 Å². The van der Waals surface area contributed by atoms with E-state index in [4.69, 9.17) is 19.9 Å². The minimum Gasteiger partial charge on any atom is -0.657 e. The number of aromatic nitrogens is 20. The van der Waals surface area contributed by atoms with Crippen LogP contribution in [0.15, 0.2) is 121 Å². The summed E-state index contributed by atoms with van der Waals surface area (Å²) in [6.45, 7) is 0. The molecule has 0 atom stereocenters. The zero-order chi connectivity index (χ0) is 45.0. The van der Waals surface area contributed by atoms with Crippen LogP contribution < -0.4 is 9.97 Å². The summed E-state index contributed by atoms with van der Waals surface area (Å²) < 4.78 is 0. The van der Waals surface area contributed by atoms with Gasteiger partial charge in [-0.2, -0.15) is 0 Å². The molecule has 69 heavy (non-hydrogen) atoms. The number of rotatable bonds is 8. The molecule has 2 aliphatic heterocycles. The maximum atomic E-state index is 5.41. The second-order valence-electron chi connectivity index (χ2n) is 15.7. The number of hydrogen-bond acceptors (Lipinski definition) is 14. The summed E-state index contributed by atoms with van der Waals surface area (Å²) in [7, 11) is 0. The van der Waals surface area contributed by atoms with E-state index in [9.17, 15) is 0 Å². The van der Waals surface area contributed by atoms with Crippen LogP contribution in [0, 0.1) is 0 Å². The first-order chi connectivity index (χ1) is 33.7.